The largest absolute Gasteiger partial charge is 0.497 e. The third-order valence-corrected chi connectivity index (χ3v) is 6.25. The van der Waals surface area contributed by atoms with Crippen LogP contribution in [0.5, 0.6) is 11.5 Å². The number of hydrogen-bond donors (Lipinski definition) is 0. The molecule has 0 N–H and O–H groups in total. The predicted octanol–water partition coefficient (Wildman–Crippen LogP) is 5.77. The number of carbonyl (C=O) groups excluding carboxylic acids is 1. The lowest BCUT2D eigenvalue weighted by atomic mass is 10.1. The summed E-state index contributed by atoms with van der Waals surface area (Å²) in [7, 11) is 1.67. The van der Waals surface area contributed by atoms with Gasteiger partial charge in [0.15, 0.2) is 11.4 Å². The Hall–Kier alpha value is -3.87. The first-order valence-corrected chi connectivity index (χ1v) is 12.0. The van der Waals surface area contributed by atoms with Crippen LogP contribution in [0.2, 0.25) is 0 Å². The minimum absolute atomic E-state index is 0.172. The van der Waals surface area contributed by atoms with E-state index in [4.69, 9.17) is 19.4 Å². The van der Waals surface area contributed by atoms with E-state index in [9.17, 15) is 4.79 Å². The van der Waals surface area contributed by atoms with Crippen molar-refractivity contribution in [2.24, 2.45) is 5.92 Å². The second-order valence-electron chi connectivity index (χ2n) is 9.44. The number of aromatic nitrogens is 4. The molecule has 0 aliphatic carbocycles. The smallest absolute Gasteiger partial charge is 0.313 e. The van der Waals surface area contributed by atoms with Crippen molar-refractivity contribution in [3.05, 3.63) is 66.1 Å². The molecule has 2 aromatic carbocycles. The summed E-state index contributed by atoms with van der Waals surface area (Å²) in [6.45, 7) is 8.61. The summed E-state index contributed by atoms with van der Waals surface area (Å²) in [5.74, 6) is 1.90. The molecule has 0 saturated carbocycles. The van der Waals surface area contributed by atoms with Gasteiger partial charge in [0, 0.05) is 18.7 Å². The normalized spacial score (nSPS) is 11.9. The van der Waals surface area contributed by atoms with Gasteiger partial charge in [0.2, 0.25) is 0 Å². The zero-order valence-corrected chi connectivity index (χ0v) is 20.8. The first-order valence-electron chi connectivity index (χ1n) is 12.0. The highest BCUT2D eigenvalue weighted by atomic mass is 16.5. The molecule has 0 bridgehead atoms. The molecule has 35 heavy (non-hydrogen) atoms. The molecule has 180 valence electrons. The van der Waals surface area contributed by atoms with Gasteiger partial charge in [0.05, 0.1) is 24.1 Å². The Morgan fingerprint density at radius 3 is 2.40 bits per heavy atom. The molecule has 0 radical (unpaired) electrons. The van der Waals surface area contributed by atoms with Crippen molar-refractivity contribution in [1.82, 2.24) is 18.9 Å². The van der Waals surface area contributed by atoms with Gasteiger partial charge in [-0.1, -0.05) is 52.0 Å². The van der Waals surface area contributed by atoms with Crippen LogP contribution in [-0.2, 0) is 17.8 Å². The Morgan fingerprint density at radius 2 is 1.71 bits per heavy atom. The molecule has 0 saturated heterocycles. The molecule has 0 fully saturated rings. The van der Waals surface area contributed by atoms with Crippen LogP contribution in [0.25, 0.3) is 27.7 Å². The van der Waals surface area contributed by atoms with Gasteiger partial charge in [-0.15, -0.1) is 0 Å². The number of imidazole rings is 1. The van der Waals surface area contributed by atoms with Gasteiger partial charge in [0.1, 0.15) is 22.6 Å². The van der Waals surface area contributed by atoms with E-state index in [1.807, 2.05) is 50.4 Å². The van der Waals surface area contributed by atoms with Gasteiger partial charge in [-0.25, -0.2) is 9.97 Å². The van der Waals surface area contributed by atoms with Crippen LogP contribution >= 0.6 is 0 Å². The summed E-state index contributed by atoms with van der Waals surface area (Å²) in [6.07, 6.45) is 2.69. The number of methoxy groups -OCH3 is 1. The fourth-order valence-corrected chi connectivity index (χ4v) is 4.34. The third-order valence-electron chi connectivity index (χ3n) is 6.25. The van der Waals surface area contributed by atoms with E-state index in [-0.39, 0.29) is 17.8 Å². The van der Waals surface area contributed by atoms with Gasteiger partial charge < -0.3 is 14.0 Å². The van der Waals surface area contributed by atoms with E-state index in [0.717, 1.165) is 45.7 Å². The molecule has 5 aromatic rings. The van der Waals surface area contributed by atoms with Crippen molar-refractivity contribution in [1.29, 1.82) is 0 Å². The summed E-state index contributed by atoms with van der Waals surface area (Å²) in [5, 5.41) is 0.759. The van der Waals surface area contributed by atoms with Gasteiger partial charge in [-0.05, 0) is 36.2 Å². The quantitative estimate of drug-likeness (QED) is 0.282. The number of nitrogens with zero attached hydrogens (tertiary/aromatic N) is 4. The predicted molar refractivity (Wildman–Crippen MR) is 137 cm³/mol. The van der Waals surface area contributed by atoms with Crippen LogP contribution in [0.3, 0.4) is 0 Å². The second kappa shape index (κ2) is 9.06. The maximum Gasteiger partial charge on any atom is 0.313 e. The summed E-state index contributed by atoms with van der Waals surface area (Å²) in [6, 6.07) is 16.1. The summed E-state index contributed by atoms with van der Waals surface area (Å²) >= 11 is 0. The van der Waals surface area contributed by atoms with Crippen LogP contribution in [0.4, 0.5) is 0 Å². The molecule has 0 aliphatic heterocycles. The van der Waals surface area contributed by atoms with Crippen LogP contribution in [-0.4, -0.2) is 32.0 Å². The van der Waals surface area contributed by atoms with Gasteiger partial charge in [0.25, 0.3) is 0 Å². The van der Waals surface area contributed by atoms with Crippen molar-refractivity contribution in [3.8, 4) is 11.5 Å². The number of ether oxygens (including phenoxy) is 2. The zero-order chi connectivity index (χ0) is 24.7. The highest BCUT2D eigenvalue weighted by Gasteiger charge is 2.24. The van der Waals surface area contributed by atoms with Crippen molar-refractivity contribution in [2.75, 3.05) is 7.11 Å². The fourth-order valence-electron chi connectivity index (χ4n) is 4.34. The fraction of sp³-hybridized carbons (Fsp3) is 0.321. The number of rotatable bonds is 7. The monoisotopic (exact) mass is 470 g/mol. The van der Waals surface area contributed by atoms with Crippen LogP contribution in [0.15, 0.2) is 54.7 Å². The summed E-state index contributed by atoms with van der Waals surface area (Å²) in [5.41, 5.74) is 4.60. The molecular formula is C28H30N4O3. The number of para-hydroxylation sites is 2. The zero-order valence-electron chi connectivity index (χ0n) is 20.8. The first-order chi connectivity index (χ1) is 16.9. The number of hydrogen-bond acceptors (Lipinski definition) is 5. The lowest BCUT2D eigenvalue weighted by Gasteiger charge is -2.12. The molecule has 0 unspecified atom stereocenters. The van der Waals surface area contributed by atoms with Crippen LogP contribution < -0.4 is 9.47 Å². The van der Waals surface area contributed by atoms with Crippen LogP contribution in [0.1, 0.15) is 45.0 Å². The highest BCUT2D eigenvalue weighted by molar-refractivity contribution is 6.01. The van der Waals surface area contributed by atoms with Gasteiger partial charge >= 0.3 is 5.97 Å². The average molecular weight is 471 g/mol. The van der Waals surface area contributed by atoms with E-state index >= 15 is 0 Å². The Balaban J connectivity index is 1.70. The number of esters is 1. The van der Waals surface area contributed by atoms with Crippen LogP contribution in [0, 0.1) is 5.92 Å². The summed E-state index contributed by atoms with van der Waals surface area (Å²) < 4.78 is 15.3. The molecule has 7 nitrogen and oxygen atoms in total. The highest BCUT2D eigenvalue weighted by Crippen LogP contribution is 2.35. The van der Waals surface area contributed by atoms with Gasteiger partial charge in [-0.3, -0.25) is 9.20 Å². The Bertz CT molecular complexity index is 1530. The van der Waals surface area contributed by atoms with Crippen molar-refractivity contribution >= 4 is 33.7 Å². The SMILES string of the molecule is COc1ccc(CCn2cc(OC(=O)C(C)C)c3c2nc(C(C)C)n2c4ccccc4nc32)cc1. The maximum atomic E-state index is 12.6. The van der Waals surface area contributed by atoms with Gasteiger partial charge in [-0.2, -0.15) is 0 Å². The standard InChI is InChI=1S/C28H30N4O3/c1-17(2)25-30-26-24(27-29-21-8-6-7-9-22(21)32(25)27)23(35-28(33)18(3)4)16-31(26)15-14-19-10-12-20(34-5)13-11-19/h6-13,16-18H,14-15H2,1-5H3. The Kier molecular flexibility index (Phi) is 5.93. The number of aryl methyl sites for hydroxylation is 2. The summed E-state index contributed by atoms with van der Waals surface area (Å²) in [4.78, 5) is 22.7. The molecule has 0 amide bonds. The van der Waals surface area contributed by atoms with Crippen molar-refractivity contribution in [3.63, 3.8) is 0 Å². The molecule has 7 heteroatoms. The molecule has 3 aromatic heterocycles. The lowest BCUT2D eigenvalue weighted by molar-refractivity contribution is -0.137. The Labute approximate surface area is 204 Å². The minimum atomic E-state index is -0.276. The van der Waals surface area contributed by atoms with E-state index in [1.165, 1.54) is 5.56 Å². The van der Waals surface area contributed by atoms with E-state index in [0.29, 0.717) is 12.3 Å². The minimum Gasteiger partial charge on any atom is -0.497 e. The lowest BCUT2D eigenvalue weighted by Crippen LogP contribution is -2.14. The Morgan fingerprint density at radius 1 is 0.971 bits per heavy atom. The van der Waals surface area contributed by atoms with Crippen molar-refractivity contribution in [2.45, 2.75) is 46.6 Å². The second-order valence-corrected chi connectivity index (χ2v) is 9.44. The number of benzene rings is 2. The molecule has 0 aliphatic rings. The molecule has 0 spiro atoms. The van der Waals surface area contributed by atoms with E-state index in [1.54, 1.807) is 7.11 Å². The molecule has 3 heterocycles. The molecule has 5 rings (SSSR count). The van der Waals surface area contributed by atoms with Crippen molar-refractivity contribution < 1.29 is 14.3 Å². The topological polar surface area (TPSA) is 70.7 Å². The molecule has 0 atom stereocenters. The number of fused-ring (bicyclic) bond motifs is 5. The van der Waals surface area contributed by atoms with E-state index in [2.05, 4.69) is 41.0 Å². The average Bonchev–Trinajstić information content (AvgIpc) is 3.40. The van der Waals surface area contributed by atoms with E-state index < -0.39 is 0 Å². The number of carbonyl (C=O) groups is 1. The third kappa shape index (κ3) is 4.11. The molecular weight excluding hydrogens is 440 g/mol. The maximum absolute atomic E-state index is 12.6. The first kappa shape index (κ1) is 22.9.